The Balaban J connectivity index is 1.74. The van der Waals surface area contributed by atoms with Crippen molar-refractivity contribution in [3.63, 3.8) is 0 Å². The molecule has 3 rings (SSSR count). The van der Waals surface area contributed by atoms with Crippen LogP contribution in [0.25, 0.3) is 0 Å². The highest BCUT2D eigenvalue weighted by molar-refractivity contribution is 7.89. The number of morpholine rings is 1. The van der Waals surface area contributed by atoms with Gasteiger partial charge in [0.25, 0.3) is 5.91 Å². The third-order valence-corrected chi connectivity index (χ3v) is 7.07. The van der Waals surface area contributed by atoms with Crippen molar-refractivity contribution >= 4 is 33.0 Å². The first kappa shape index (κ1) is 19.0. The zero-order valence-corrected chi connectivity index (χ0v) is 16.6. The molecule has 0 saturated carbocycles. The van der Waals surface area contributed by atoms with E-state index in [0.717, 1.165) is 5.56 Å². The van der Waals surface area contributed by atoms with Crippen LogP contribution in [0.5, 0.6) is 0 Å². The van der Waals surface area contributed by atoms with Crippen LogP contribution >= 0.6 is 11.3 Å². The minimum atomic E-state index is -3.58. The maximum Gasteiger partial charge on any atom is 0.265 e. The van der Waals surface area contributed by atoms with E-state index < -0.39 is 10.0 Å². The molecule has 1 aliphatic rings. The summed E-state index contributed by atoms with van der Waals surface area (Å²) in [5.41, 5.74) is 1.48. The highest BCUT2D eigenvalue weighted by atomic mass is 32.2. The molecule has 0 radical (unpaired) electrons. The number of carbonyl (C=O) groups excluding carboxylic acids is 1. The first-order chi connectivity index (χ1) is 12.3. The van der Waals surface area contributed by atoms with Crippen molar-refractivity contribution in [2.75, 3.05) is 18.4 Å². The second-order valence-corrected chi connectivity index (χ2v) is 9.34. The van der Waals surface area contributed by atoms with Gasteiger partial charge in [0.2, 0.25) is 10.0 Å². The van der Waals surface area contributed by atoms with Gasteiger partial charge in [0.1, 0.15) is 0 Å². The second-order valence-electron chi connectivity index (χ2n) is 6.49. The predicted molar refractivity (Wildman–Crippen MR) is 102 cm³/mol. The van der Waals surface area contributed by atoms with Crippen LogP contribution in [-0.2, 0) is 14.8 Å². The van der Waals surface area contributed by atoms with Gasteiger partial charge in [-0.3, -0.25) is 4.79 Å². The summed E-state index contributed by atoms with van der Waals surface area (Å²) < 4.78 is 32.7. The van der Waals surface area contributed by atoms with E-state index in [4.69, 9.17) is 4.74 Å². The number of carbonyl (C=O) groups is 1. The Morgan fingerprint density at radius 1 is 1.15 bits per heavy atom. The molecule has 1 aromatic carbocycles. The number of thiophene rings is 1. The van der Waals surface area contributed by atoms with E-state index in [1.165, 1.54) is 27.8 Å². The number of sulfonamides is 1. The van der Waals surface area contributed by atoms with Gasteiger partial charge in [-0.05, 0) is 62.0 Å². The molecule has 6 nitrogen and oxygen atoms in total. The molecule has 1 N–H and O–H groups in total. The molecule has 0 spiro atoms. The lowest BCUT2D eigenvalue weighted by atomic mass is 10.2. The summed E-state index contributed by atoms with van der Waals surface area (Å²) in [6, 6.07) is 8.16. The van der Waals surface area contributed by atoms with Crippen molar-refractivity contribution in [1.29, 1.82) is 0 Å². The molecule has 1 aromatic heterocycles. The van der Waals surface area contributed by atoms with E-state index in [0.29, 0.717) is 23.7 Å². The van der Waals surface area contributed by atoms with Gasteiger partial charge in [-0.2, -0.15) is 4.31 Å². The molecule has 0 bridgehead atoms. The first-order valence-electron chi connectivity index (χ1n) is 8.38. The molecule has 1 saturated heterocycles. The molecule has 140 valence electrons. The largest absolute Gasteiger partial charge is 0.373 e. The third kappa shape index (κ3) is 3.98. The minimum absolute atomic E-state index is 0.138. The van der Waals surface area contributed by atoms with Gasteiger partial charge in [0.15, 0.2) is 0 Å². The predicted octanol–water partition coefficient (Wildman–Crippen LogP) is 3.11. The number of nitrogens with one attached hydrogen (secondary N) is 1. The van der Waals surface area contributed by atoms with Gasteiger partial charge in [0, 0.05) is 18.8 Å². The highest BCUT2D eigenvalue weighted by Gasteiger charge is 2.32. The number of hydrogen-bond donors (Lipinski definition) is 1. The fraction of sp³-hybridized carbons (Fsp3) is 0.389. The lowest BCUT2D eigenvalue weighted by molar-refractivity contribution is -0.0440. The lowest BCUT2D eigenvalue weighted by Crippen LogP contribution is -2.48. The van der Waals surface area contributed by atoms with Crippen LogP contribution in [0.2, 0.25) is 0 Å². The van der Waals surface area contributed by atoms with Gasteiger partial charge in [-0.15, -0.1) is 11.3 Å². The number of nitrogens with zero attached hydrogens (tertiary/aromatic N) is 1. The minimum Gasteiger partial charge on any atom is -0.373 e. The fourth-order valence-corrected chi connectivity index (χ4v) is 5.39. The number of aryl methyl sites for hydroxylation is 1. The summed E-state index contributed by atoms with van der Waals surface area (Å²) >= 11 is 1.38. The number of anilines is 1. The Kier molecular flexibility index (Phi) is 5.47. The maximum atomic E-state index is 12.8. The third-order valence-electron chi connectivity index (χ3n) is 4.20. The van der Waals surface area contributed by atoms with E-state index in [1.54, 1.807) is 12.1 Å². The van der Waals surface area contributed by atoms with Crippen LogP contribution in [-0.4, -0.2) is 43.9 Å². The molecule has 1 aliphatic heterocycles. The van der Waals surface area contributed by atoms with E-state index in [1.807, 2.05) is 32.2 Å². The number of rotatable bonds is 4. The molecule has 2 heterocycles. The zero-order valence-electron chi connectivity index (χ0n) is 14.9. The molecule has 1 amide bonds. The van der Waals surface area contributed by atoms with Crippen LogP contribution in [0.4, 0.5) is 5.69 Å². The van der Waals surface area contributed by atoms with Crippen LogP contribution in [0.3, 0.4) is 0 Å². The Morgan fingerprint density at radius 3 is 2.31 bits per heavy atom. The Morgan fingerprint density at radius 2 is 1.77 bits per heavy atom. The van der Waals surface area contributed by atoms with Crippen molar-refractivity contribution in [2.45, 2.75) is 37.9 Å². The van der Waals surface area contributed by atoms with Gasteiger partial charge in [-0.25, -0.2) is 8.42 Å². The topological polar surface area (TPSA) is 75.7 Å². The molecular formula is C18H22N2O4S2. The Hall–Kier alpha value is -1.74. The summed E-state index contributed by atoms with van der Waals surface area (Å²) in [5, 5.41) is 4.67. The fourth-order valence-electron chi connectivity index (χ4n) is 2.98. The molecule has 8 heteroatoms. The van der Waals surface area contributed by atoms with Gasteiger partial charge >= 0.3 is 0 Å². The van der Waals surface area contributed by atoms with Crippen LogP contribution in [0, 0.1) is 6.92 Å². The second kappa shape index (κ2) is 7.48. The van der Waals surface area contributed by atoms with Crippen LogP contribution in [0.15, 0.2) is 40.6 Å². The first-order valence-corrected chi connectivity index (χ1v) is 10.7. The summed E-state index contributed by atoms with van der Waals surface area (Å²) in [5.74, 6) is -0.191. The van der Waals surface area contributed by atoms with E-state index in [2.05, 4.69) is 5.32 Å². The summed E-state index contributed by atoms with van der Waals surface area (Å²) in [7, 11) is -3.58. The molecule has 2 aromatic rings. The standard InChI is InChI=1S/C18H22N2O4S2/c1-12-8-9-25-17(12)18(21)19-15-4-6-16(7-5-15)26(22,23)20-10-13(2)24-14(3)11-20/h4-9,13-14H,10-11H2,1-3H3,(H,19,21). The molecule has 0 aliphatic carbocycles. The van der Waals surface area contributed by atoms with Crippen molar-refractivity contribution in [3.05, 3.63) is 46.2 Å². The van der Waals surface area contributed by atoms with Gasteiger partial charge in [0.05, 0.1) is 22.0 Å². The Bertz CT molecular complexity index is 880. The quantitative estimate of drug-likeness (QED) is 0.865. The van der Waals surface area contributed by atoms with Crippen molar-refractivity contribution in [2.24, 2.45) is 0 Å². The highest BCUT2D eigenvalue weighted by Crippen LogP contribution is 2.23. The summed E-state index contributed by atoms with van der Waals surface area (Å²) in [6.45, 7) is 6.28. The van der Waals surface area contributed by atoms with Crippen LogP contribution in [0.1, 0.15) is 29.1 Å². The average Bonchev–Trinajstić information content (AvgIpc) is 3.00. The molecule has 2 unspecified atom stereocenters. The number of ether oxygens (including phenoxy) is 1. The molecule has 2 atom stereocenters. The van der Waals surface area contributed by atoms with Gasteiger partial charge < -0.3 is 10.1 Å². The Labute approximate surface area is 157 Å². The van der Waals surface area contributed by atoms with E-state index >= 15 is 0 Å². The van der Waals surface area contributed by atoms with E-state index in [9.17, 15) is 13.2 Å². The molecular weight excluding hydrogens is 372 g/mol. The summed E-state index contributed by atoms with van der Waals surface area (Å²) in [6.07, 6.45) is -0.276. The van der Waals surface area contributed by atoms with Crippen LogP contribution < -0.4 is 5.32 Å². The van der Waals surface area contributed by atoms with Crippen molar-refractivity contribution in [1.82, 2.24) is 4.31 Å². The van der Waals surface area contributed by atoms with E-state index in [-0.39, 0.29) is 23.0 Å². The number of benzene rings is 1. The monoisotopic (exact) mass is 394 g/mol. The smallest absolute Gasteiger partial charge is 0.265 e. The normalized spacial score (nSPS) is 21.5. The van der Waals surface area contributed by atoms with Crippen molar-refractivity contribution < 1.29 is 17.9 Å². The van der Waals surface area contributed by atoms with Gasteiger partial charge in [-0.1, -0.05) is 0 Å². The lowest BCUT2D eigenvalue weighted by Gasteiger charge is -2.34. The SMILES string of the molecule is Cc1ccsc1C(=O)Nc1ccc(S(=O)(=O)N2CC(C)OC(C)C2)cc1. The molecule has 26 heavy (non-hydrogen) atoms. The number of amides is 1. The zero-order chi connectivity index (χ0) is 18.9. The number of hydrogen-bond acceptors (Lipinski definition) is 5. The average molecular weight is 395 g/mol. The maximum absolute atomic E-state index is 12.8. The molecule has 1 fully saturated rings. The van der Waals surface area contributed by atoms with Crippen molar-refractivity contribution in [3.8, 4) is 0 Å². The summed E-state index contributed by atoms with van der Waals surface area (Å²) in [4.78, 5) is 13.1.